The van der Waals surface area contributed by atoms with Crippen LogP contribution in [-0.2, 0) is 13.0 Å². The van der Waals surface area contributed by atoms with Crippen LogP contribution in [0, 0.1) is 0 Å². The second-order valence-electron chi connectivity index (χ2n) is 6.43. The van der Waals surface area contributed by atoms with Crippen LogP contribution < -0.4 is 5.43 Å². The molecular weight excluding hydrogens is 429 g/mol. The molecule has 1 heterocycles. The van der Waals surface area contributed by atoms with Crippen molar-refractivity contribution >= 4 is 40.9 Å². The second kappa shape index (κ2) is 9.08. The third kappa shape index (κ3) is 4.53. The van der Waals surface area contributed by atoms with Gasteiger partial charge in [-0.2, -0.15) is 0 Å². The lowest BCUT2D eigenvalue weighted by Gasteiger charge is -2.20. The van der Waals surface area contributed by atoms with Crippen LogP contribution in [0.4, 0.5) is 0 Å². The Morgan fingerprint density at radius 1 is 1.10 bits per heavy atom. The van der Waals surface area contributed by atoms with Crippen LogP contribution in [0.2, 0.25) is 10.0 Å². The lowest BCUT2D eigenvalue weighted by Crippen LogP contribution is -2.23. The molecule has 0 radical (unpaired) electrons. The van der Waals surface area contributed by atoms with Crippen LogP contribution >= 0.6 is 35.0 Å². The molecule has 0 aliphatic rings. The number of aromatic nitrogens is 1. The van der Waals surface area contributed by atoms with E-state index in [0.717, 1.165) is 16.2 Å². The molecular formula is C22H19Cl2NO3S. The fourth-order valence-electron chi connectivity index (χ4n) is 3.35. The Bertz CT molecular complexity index is 1140. The van der Waals surface area contributed by atoms with Crippen molar-refractivity contribution in [3.63, 3.8) is 0 Å². The number of hydrogen-bond acceptors (Lipinski definition) is 3. The minimum Gasteiger partial charge on any atom is -0.477 e. The predicted molar refractivity (Wildman–Crippen MR) is 120 cm³/mol. The number of nitrogens with zero attached hydrogens (tertiary/aromatic N) is 1. The maximum absolute atomic E-state index is 12.8. The van der Waals surface area contributed by atoms with Gasteiger partial charge < -0.3 is 9.67 Å². The number of rotatable bonds is 6. The lowest BCUT2D eigenvalue weighted by molar-refractivity contribution is 0.0695. The molecule has 0 unspecified atom stereocenters. The molecule has 1 aromatic heterocycles. The largest absolute Gasteiger partial charge is 0.477 e. The Labute approximate surface area is 183 Å². The molecule has 1 N–H and O–H groups in total. The van der Waals surface area contributed by atoms with Crippen molar-refractivity contribution in [3.8, 4) is 11.3 Å². The highest BCUT2D eigenvalue weighted by Crippen LogP contribution is 2.31. The van der Waals surface area contributed by atoms with E-state index in [1.54, 1.807) is 30.0 Å². The van der Waals surface area contributed by atoms with Gasteiger partial charge in [0.25, 0.3) is 0 Å². The highest BCUT2D eigenvalue weighted by atomic mass is 35.5. The molecule has 0 aliphatic heterocycles. The van der Waals surface area contributed by atoms with E-state index in [2.05, 4.69) is 6.07 Å². The smallest absolute Gasteiger partial charge is 0.341 e. The molecule has 0 amide bonds. The van der Waals surface area contributed by atoms with Crippen molar-refractivity contribution < 1.29 is 9.90 Å². The summed E-state index contributed by atoms with van der Waals surface area (Å²) in [5.41, 5.74) is 1.85. The Balaban J connectivity index is 2.25. The van der Waals surface area contributed by atoms with Crippen LogP contribution in [0.5, 0.6) is 0 Å². The summed E-state index contributed by atoms with van der Waals surface area (Å²) >= 11 is 13.8. The second-order valence-corrected chi connectivity index (χ2v) is 8.12. The van der Waals surface area contributed by atoms with Gasteiger partial charge in [0.05, 0.1) is 15.7 Å². The van der Waals surface area contributed by atoms with Crippen molar-refractivity contribution in [2.45, 2.75) is 24.8 Å². The van der Waals surface area contributed by atoms with Crippen LogP contribution in [0.25, 0.3) is 11.3 Å². The third-order valence-corrected chi connectivity index (χ3v) is 6.10. The molecule has 3 aromatic rings. The monoisotopic (exact) mass is 447 g/mol. The number of aromatic carboxylic acids is 1. The average molecular weight is 448 g/mol. The first-order valence-electron chi connectivity index (χ1n) is 8.94. The van der Waals surface area contributed by atoms with E-state index >= 15 is 0 Å². The fourth-order valence-corrected chi connectivity index (χ4v) is 4.13. The molecule has 0 atom stereocenters. The molecule has 0 bridgehead atoms. The normalized spacial score (nSPS) is 10.9. The SMILES string of the molecule is CCn1c(Cc2cccc(SC)c2)cc(=O)c(C(=O)O)c1-c1ccc(Cl)c(Cl)c1. The van der Waals surface area contributed by atoms with Gasteiger partial charge in [-0.3, -0.25) is 4.79 Å². The Kier molecular flexibility index (Phi) is 6.73. The van der Waals surface area contributed by atoms with Crippen LogP contribution in [0.3, 0.4) is 0 Å². The molecule has 150 valence electrons. The quantitative estimate of drug-likeness (QED) is 0.481. The Hall–Kier alpha value is -2.21. The number of carboxylic acids is 1. The predicted octanol–water partition coefficient (Wildman–Crippen LogP) is 5.85. The maximum Gasteiger partial charge on any atom is 0.341 e. The zero-order valence-corrected chi connectivity index (χ0v) is 18.2. The first-order valence-corrected chi connectivity index (χ1v) is 10.9. The summed E-state index contributed by atoms with van der Waals surface area (Å²) in [6.45, 7) is 2.41. The van der Waals surface area contributed by atoms with Crippen LogP contribution in [0.1, 0.15) is 28.5 Å². The van der Waals surface area contributed by atoms with E-state index in [1.165, 1.54) is 6.07 Å². The molecule has 0 saturated carbocycles. The number of thioether (sulfide) groups is 1. The van der Waals surface area contributed by atoms with Gasteiger partial charge in [0.2, 0.25) is 0 Å². The van der Waals surface area contributed by atoms with E-state index < -0.39 is 11.4 Å². The zero-order chi connectivity index (χ0) is 21.1. The number of halogens is 2. The minimum absolute atomic E-state index is 0.271. The first kappa shape index (κ1) is 21.5. The molecule has 0 fully saturated rings. The van der Waals surface area contributed by atoms with Gasteiger partial charge in [-0.25, -0.2) is 4.79 Å². The van der Waals surface area contributed by atoms with Crippen molar-refractivity contribution in [3.05, 3.63) is 85.6 Å². The summed E-state index contributed by atoms with van der Waals surface area (Å²) in [5.74, 6) is -1.27. The molecule has 4 nitrogen and oxygen atoms in total. The minimum atomic E-state index is -1.27. The van der Waals surface area contributed by atoms with Crippen molar-refractivity contribution in [2.75, 3.05) is 6.26 Å². The summed E-state index contributed by atoms with van der Waals surface area (Å²) in [7, 11) is 0. The first-order chi connectivity index (χ1) is 13.8. The third-order valence-electron chi connectivity index (χ3n) is 4.64. The summed E-state index contributed by atoms with van der Waals surface area (Å²) in [4.78, 5) is 25.8. The average Bonchev–Trinajstić information content (AvgIpc) is 2.69. The van der Waals surface area contributed by atoms with Gasteiger partial charge in [-0.1, -0.05) is 41.4 Å². The molecule has 0 aliphatic carbocycles. The van der Waals surface area contributed by atoms with Crippen LogP contribution in [-0.4, -0.2) is 21.9 Å². The number of carboxylic acid groups (broad SMARTS) is 1. The molecule has 2 aromatic carbocycles. The number of pyridine rings is 1. The fraction of sp³-hybridized carbons (Fsp3) is 0.182. The molecule has 29 heavy (non-hydrogen) atoms. The van der Waals surface area contributed by atoms with Gasteiger partial charge in [0, 0.05) is 35.2 Å². The lowest BCUT2D eigenvalue weighted by atomic mass is 10.0. The highest BCUT2D eigenvalue weighted by molar-refractivity contribution is 7.98. The summed E-state index contributed by atoms with van der Waals surface area (Å²) in [6, 6.07) is 14.3. The van der Waals surface area contributed by atoms with Gasteiger partial charge >= 0.3 is 5.97 Å². The van der Waals surface area contributed by atoms with Gasteiger partial charge in [-0.05, 0) is 43.0 Å². The summed E-state index contributed by atoms with van der Waals surface area (Å²) in [6.07, 6.45) is 2.51. The highest BCUT2D eigenvalue weighted by Gasteiger charge is 2.22. The number of hydrogen-bond donors (Lipinski definition) is 1. The van der Waals surface area contributed by atoms with E-state index in [1.807, 2.05) is 35.9 Å². The van der Waals surface area contributed by atoms with E-state index in [0.29, 0.717) is 34.3 Å². The molecule has 3 rings (SSSR count). The van der Waals surface area contributed by atoms with E-state index in [9.17, 15) is 14.7 Å². The maximum atomic E-state index is 12.8. The van der Waals surface area contributed by atoms with E-state index in [-0.39, 0.29) is 5.56 Å². The number of benzene rings is 2. The topological polar surface area (TPSA) is 59.3 Å². The Morgan fingerprint density at radius 2 is 1.86 bits per heavy atom. The Morgan fingerprint density at radius 3 is 2.48 bits per heavy atom. The van der Waals surface area contributed by atoms with Crippen molar-refractivity contribution in [2.24, 2.45) is 0 Å². The van der Waals surface area contributed by atoms with Gasteiger partial charge in [-0.15, -0.1) is 11.8 Å². The van der Waals surface area contributed by atoms with E-state index in [4.69, 9.17) is 23.2 Å². The zero-order valence-electron chi connectivity index (χ0n) is 15.9. The summed E-state index contributed by atoms with van der Waals surface area (Å²) < 4.78 is 1.86. The standard InChI is InChI=1S/C22H19Cl2NO3S/c1-3-25-15(9-13-5-4-6-16(10-13)29-2)12-19(26)20(22(27)28)21(25)14-7-8-17(23)18(24)11-14/h4-8,10-12H,3,9H2,1-2H3,(H,27,28). The van der Waals surface area contributed by atoms with Crippen molar-refractivity contribution in [1.29, 1.82) is 0 Å². The van der Waals surface area contributed by atoms with Crippen molar-refractivity contribution in [1.82, 2.24) is 4.57 Å². The van der Waals surface area contributed by atoms with Crippen LogP contribution in [0.15, 0.2) is 58.2 Å². The molecule has 7 heteroatoms. The van der Waals surface area contributed by atoms with Gasteiger partial charge in [0.1, 0.15) is 5.56 Å². The molecule has 0 spiro atoms. The summed E-state index contributed by atoms with van der Waals surface area (Å²) in [5, 5.41) is 10.4. The number of carbonyl (C=O) groups is 1. The molecule has 0 saturated heterocycles. The van der Waals surface area contributed by atoms with Gasteiger partial charge in [0.15, 0.2) is 5.43 Å².